The second-order valence-corrected chi connectivity index (χ2v) is 3.69. The van der Waals surface area contributed by atoms with Gasteiger partial charge in [-0.3, -0.25) is 4.79 Å². The van der Waals surface area contributed by atoms with Gasteiger partial charge in [-0.2, -0.15) is 22.0 Å². The molecule has 0 heterocycles. The summed E-state index contributed by atoms with van der Waals surface area (Å²) in [5.74, 6) is -7.74. The maximum atomic E-state index is 12.7. The van der Waals surface area contributed by atoms with Crippen molar-refractivity contribution in [3.63, 3.8) is 0 Å². The first kappa shape index (κ1) is 16.2. The zero-order chi connectivity index (χ0) is 15.4. The standard InChI is InChI=1S/C11H11F5N2O2/c12-10(13,11(14,15)16)9(19)18-7-2-1-3-8(6-7)20-5-4-17/h1-3,6H,4-5,17H2,(H,18,19). The molecule has 3 N–H and O–H groups in total. The molecule has 0 saturated heterocycles. The summed E-state index contributed by atoms with van der Waals surface area (Å²) in [4.78, 5) is 11.0. The first-order valence-corrected chi connectivity index (χ1v) is 5.37. The third-order valence-corrected chi connectivity index (χ3v) is 2.12. The third kappa shape index (κ3) is 3.80. The number of hydrogen-bond acceptors (Lipinski definition) is 3. The fourth-order valence-corrected chi connectivity index (χ4v) is 1.18. The summed E-state index contributed by atoms with van der Waals surface area (Å²) in [6.45, 7) is 0.332. The van der Waals surface area contributed by atoms with Crippen LogP contribution in [0.4, 0.5) is 27.6 Å². The number of ether oxygens (including phenoxy) is 1. The second kappa shape index (κ2) is 6.04. The molecule has 1 amide bonds. The highest BCUT2D eigenvalue weighted by atomic mass is 19.4. The zero-order valence-corrected chi connectivity index (χ0v) is 10.0. The van der Waals surface area contributed by atoms with Crippen molar-refractivity contribution in [3.8, 4) is 5.75 Å². The van der Waals surface area contributed by atoms with Crippen LogP contribution in [0.15, 0.2) is 24.3 Å². The minimum atomic E-state index is -5.95. The maximum absolute atomic E-state index is 12.7. The minimum absolute atomic E-state index is 0.135. The van der Waals surface area contributed by atoms with Gasteiger partial charge in [0.15, 0.2) is 0 Å². The first-order valence-electron chi connectivity index (χ1n) is 5.37. The predicted molar refractivity (Wildman–Crippen MR) is 60.6 cm³/mol. The van der Waals surface area contributed by atoms with Gasteiger partial charge in [-0.1, -0.05) is 6.07 Å². The molecule has 1 aromatic rings. The molecule has 9 heteroatoms. The molecule has 112 valence electrons. The molecule has 0 atom stereocenters. The van der Waals surface area contributed by atoms with E-state index in [-0.39, 0.29) is 24.6 Å². The largest absolute Gasteiger partial charge is 0.492 e. The Morgan fingerprint density at radius 1 is 1.25 bits per heavy atom. The Morgan fingerprint density at radius 2 is 1.90 bits per heavy atom. The molecular formula is C11H11F5N2O2. The van der Waals surface area contributed by atoms with Gasteiger partial charge in [-0.25, -0.2) is 0 Å². The number of carbonyl (C=O) groups excluding carboxylic acids is 1. The Morgan fingerprint density at radius 3 is 2.45 bits per heavy atom. The van der Waals surface area contributed by atoms with Crippen LogP contribution in [0.2, 0.25) is 0 Å². The number of rotatable bonds is 5. The lowest BCUT2D eigenvalue weighted by Crippen LogP contribution is -2.47. The van der Waals surface area contributed by atoms with E-state index in [2.05, 4.69) is 0 Å². The molecule has 1 aromatic carbocycles. The Bertz CT molecular complexity index is 476. The van der Waals surface area contributed by atoms with Crippen molar-refractivity contribution in [1.29, 1.82) is 0 Å². The van der Waals surface area contributed by atoms with Gasteiger partial charge in [-0.05, 0) is 12.1 Å². The van der Waals surface area contributed by atoms with Crippen LogP contribution in [0.3, 0.4) is 0 Å². The van der Waals surface area contributed by atoms with Gasteiger partial charge in [0.25, 0.3) is 0 Å². The maximum Gasteiger partial charge on any atom is 0.463 e. The van der Waals surface area contributed by atoms with Crippen molar-refractivity contribution >= 4 is 11.6 Å². The fourth-order valence-electron chi connectivity index (χ4n) is 1.18. The highest BCUT2D eigenvalue weighted by molar-refractivity contribution is 5.96. The molecule has 20 heavy (non-hydrogen) atoms. The van der Waals surface area contributed by atoms with Gasteiger partial charge in [0.1, 0.15) is 12.4 Å². The summed E-state index contributed by atoms with van der Waals surface area (Å²) in [6, 6.07) is 5.03. The van der Waals surface area contributed by atoms with Crippen LogP contribution < -0.4 is 15.8 Å². The number of amides is 1. The molecule has 0 spiro atoms. The number of anilines is 1. The molecule has 0 radical (unpaired) electrons. The topological polar surface area (TPSA) is 64.3 Å². The fraction of sp³-hybridized carbons (Fsp3) is 0.364. The van der Waals surface area contributed by atoms with Crippen LogP contribution in [-0.2, 0) is 4.79 Å². The lowest BCUT2D eigenvalue weighted by molar-refractivity contribution is -0.267. The number of alkyl halides is 5. The summed E-state index contributed by atoms with van der Waals surface area (Å²) in [5.41, 5.74) is 4.94. The van der Waals surface area contributed by atoms with Crippen molar-refractivity contribution in [3.05, 3.63) is 24.3 Å². The lowest BCUT2D eigenvalue weighted by Gasteiger charge is -2.18. The van der Waals surface area contributed by atoms with Crippen LogP contribution in [0, 0.1) is 0 Å². The zero-order valence-electron chi connectivity index (χ0n) is 10.0. The van der Waals surface area contributed by atoms with Gasteiger partial charge in [0.2, 0.25) is 0 Å². The van der Waals surface area contributed by atoms with Gasteiger partial charge in [0, 0.05) is 18.3 Å². The van der Waals surface area contributed by atoms with E-state index < -0.39 is 18.0 Å². The van der Waals surface area contributed by atoms with E-state index in [9.17, 15) is 26.7 Å². The van der Waals surface area contributed by atoms with Crippen molar-refractivity contribution < 1.29 is 31.5 Å². The van der Waals surface area contributed by atoms with E-state index in [1.54, 1.807) is 0 Å². The Labute approximate surface area is 110 Å². The van der Waals surface area contributed by atoms with Crippen LogP contribution in [0.25, 0.3) is 0 Å². The van der Waals surface area contributed by atoms with Crippen LogP contribution in [-0.4, -0.2) is 31.2 Å². The summed E-state index contributed by atoms with van der Waals surface area (Å²) < 4.78 is 66.4. The summed E-state index contributed by atoms with van der Waals surface area (Å²) in [7, 11) is 0. The van der Waals surface area contributed by atoms with Crippen molar-refractivity contribution in [1.82, 2.24) is 0 Å². The Balaban J connectivity index is 2.81. The quantitative estimate of drug-likeness (QED) is 0.819. The summed E-state index contributed by atoms with van der Waals surface area (Å²) in [6.07, 6.45) is -5.95. The number of nitrogens with one attached hydrogen (secondary N) is 1. The molecular weight excluding hydrogens is 287 g/mol. The van der Waals surface area contributed by atoms with Gasteiger partial charge in [0.05, 0.1) is 0 Å². The van der Waals surface area contributed by atoms with Crippen molar-refractivity contribution in [2.24, 2.45) is 5.73 Å². The molecule has 0 aliphatic carbocycles. The lowest BCUT2D eigenvalue weighted by atomic mass is 10.2. The number of carbonyl (C=O) groups is 1. The highest BCUT2D eigenvalue weighted by Crippen LogP contribution is 2.36. The summed E-state index contributed by atoms with van der Waals surface area (Å²) in [5, 5.41) is 1.49. The SMILES string of the molecule is NCCOc1cccc(NC(=O)C(F)(F)C(F)(F)F)c1. The summed E-state index contributed by atoms with van der Waals surface area (Å²) >= 11 is 0. The van der Waals surface area contributed by atoms with E-state index in [1.165, 1.54) is 17.4 Å². The van der Waals surface area contributed by atoms with Crippen molar-refractivity contribution in [2.75, 3.05) is 18.5 Å². The highest BCUT2D eigenvalue weighted by Gasteiger charge is 2.63. The molecule has 0 fully saturated rings. The van der Waals surface area contributed by atoms with E-state index in [4.69, 9.17) is 10.5 Å². The van der Waals surface area contributed by atoms with Gasteiger partial charge >= 0.3 is 18.0 Å². The monoisotopic (exact) mass is 298 g/mol. The van der Waals surface area contributed by atoms with Crippen molar-refractivity contribution in [2.45, 2.75) is 12.1 Å². The molecule has 0 unspecified atom stereocenters. The molecule has 1 rings (SSSR count). The molecule has 4 nitrogen and oxygen atoms in total. The predicted octanol–water partition coefficient (Wildman–Crippen LogP) is 2.16. The van der Waals surface area contributed by atoms with E-state index in [1.807, 2.05) is 0 Å². The van der Waals surface area contributed by atoms with E-state index in [0.717, 1.165) is 12.1 Å². The third-order valence-electron chi connectivity index (χ3n) is 2.12. The van der Waals surface area contributed by atoms with Crippen LogP contribution in [0.5, 0.6) is 5.75 Å². The van der Waals surface area contributed by atoms with E-state index >= 15 is 0 Å². The normalized spacial score (nSPS) is 12.1. The molecule has 0 aliphatic rings. The number of hydrogen-bond donors (Lipinski definition) is 2. The average Bonchev–Trinajstić information content (AvgIpc) is 2.35. The number of nitrogens with two attached hydrogens (primary N) is 1. The smallest absolute Gasteiger partial charge is 0.463 e. The van der Waals surface area contributed by atoms with E-state index in [0.29, 0.717) is 0 Å². The molecule has 0 aromatic heterocycles. The average molecular weight is 298 g/mol. The van der Waals surface area contributed by atoms with Crippen LogP contribution in [0.1, 0.15) is 0 Å². The van der Waals surface area contributed by atoms with Crippen LogP contribution >= 0.6 is 0 Å². The number of benzene rings is 1. The first-order chi connectivity index (χ1) is 9.18. The molecule has 0 bridgehead atoms. The molecule has 0 saturated carbocycles. The van der Waals surface area contributed by atoms with Gasteiger partial charge < -0.3 is 15.8 Å². The van der Waals surface area contributed by atoms with Gasteiger partial charge in [-0.15, -0.1) is 0 Å². The Kier molecular flexibility index (Phi) is 4.88. The number of halogens is 5. The molecule has 0 aliphatic heterocycles. The second-order valence-electron chi connectivity index (χ2n) is 3.69. The minimum Gasteiger partial charge on any atom is -0.492 e. The Hall–Kier alpha value is -1.90.